The Morgan fingerprint density at radius 2 is 1.32 bits per heavy atom. The zero-order valence-electron chi connectivity index (χ0n) is 17.6. The molecule has 0 radical (unpaired) electrons. The standard InChI is InChI=1S/C28H27NO2/c30-28(31)13-7-10-23-15-18-25(19-16-23)29-26(17-14-22-8-3-1-4-9-22)20-21-27(29)24-11-5-2-6-12-24/h1-6,8-9,11-12,15-16,18-21H,7,10,13-14,17H2,(H,30,31). The van der Waals surface area contributed by atoms with Crippen molar-refractivity contribution in [2.24, 2.45) is 0 Å². The first kappa shape index (κ1) is 20.7. The molecule has 1 heterocycles. The van der Waals surface area contributed by atoms with E-state index in [-0.39, 0.29) is 6.42 Å². The van der Waals surface area contributed by atoms with Gasteiger partial charge in [0.05, 0.1) is 5.69 Å². The smallest absolute Gasteiger partial charge is 0.303 e. The van der Waals surface area contributed by atoms with Crippen LogP contribution in [0.1, 0.15) is 29.7 Å². The van der Waals surface area contributed by atoms with Gasteiger partial charge < -0.3 is 9.67 Å². The molecule has 1 aromatic heterocycles. The molecule has 0 saturated carbocycles. The van der Waals surface area contributed by atoms with Crippen LogP contribution >= 0.6 is 0 Å². The summed E-state index contributed by atoms with van der Waals surface area (Å²) in [6.07, 6.45) is 3.60. The molecule has 0 amide bonds. The van der Waals surface area contributed by atoms with E-state index in [1.54, 1.807) is 0 Å². The third-order valence-electron chi connectivity index (χ3n) is 5.59. The summed E-state index contributed by atoms with van der Waals surface area (Å²) in [5, 5.41) is 8.86. The fourth-order valence-electron chi connectivity index (χ4n) is 3.99. The molecule has 3 nitrogen and oxygen atoms in total. The summed E-state index contributed by atoms with van der Waals surface area (Å²) >= 11 is 0. The molecule has 0 aliphatic heterocycles. The summed E-state index contributed by atoms with van der Waals surface area (Å²) < 4.78 is 2.35. The van der Waals surface area contributed by atoms with Gasteiger partial charge in [-0.15, -0.1) is 0 Å². The molecule has 3 heteroatoms. The SMILES string of the molecule is O=C(O)CCCc1ccc(-n2c(CCc3ccccc3)ccc2-c2ccccc2)cc1. The number of carboxylic acid groups (broad SMARTS) is 1. The van der Waals surface area contributed by atoms with E-state index in [2.05, 4.69) is 95.6 Å². The zero-order valence-corrected chi connectivity index (χ0v) is 17.6. The van der Waals surface area contributed by atoms with E-state index in [4.69, 9.17) is 5.11 Å². The minimum atomic E-state index is -0.737. The molecule has 0 fully saturated rings. The number of hydrogen-bond acceptors (Lipinski definition) is 1. The summed E-state index contributed by atoms with van der Waals surface area (Å²) in [5.41, 5.74) is 7.30. The monoisotopic (exact) mass is 409 g/mol. The van der Waals surface area contributed by atoms with Gasteiger partial charge in [0.15, 0.2) is 0 Å². The lowest BCUT2D eigenvalue weighted by Crippen LogP contribution is -2.04. The summed E-state index contributed by atoms with van der Waals surface area (Å²) in [5.74, 6) is -0.737. The second-order valence-corrected chi connectivity index (χ2v) is 7.81. The van der Waals surface area contributed by atoms with Crippen LogP contribution in [0.2, 0.25) is 0 Å². The minimum absolute atomic E-state index is 0.209. The molecular weight excluding hydrogens is 382 g/mol. The van der Waals surface area contributed by atoms with Gasteiger partial charge in [-0.05, 0) is 66.6 Å². The van der Waals surface area contributed by atoms with Gasteiger partial charge in [0.2, 0.25) is 0 Å². The number of benzene rings is 3. The maximum atomic E-state index is 10.8. The van der Waals surface area contributed by atoms with Crippen LogP contribution in [0.5, 0.6) is 0 Å². The van der Waals surface area contributed by atoms with Crippen LogP contribution in [0.4, 0.5) is 0 Å². The molecule has 3 aromatic carbocycles. The molecule has 4 rings (SSSR count). The van der Waals surface area contributed by atoms with Crippen molar-refractivity contribution < 1.29 is 9.90 Å². The Kier molecular flexibility index (Phi) is 6.63. The molecule has 0 bridgehead atoms. The molecule has 0 unspecified atom stereocenters. The number of carboxylic acids is 1. The number of rotatable bonds is 9. The van der Waals surface area contributed by atoms with E-state index in [1.807, 2.05) is 6.07 Å². The Balaban J connectivity index is 1.62. The summed E-state index contributed by atoms with van der Waals surface area (Å²) in [6.45, 7) is 0. The van der Waals surface area contributed by atoms with Crippen molar-refractivity contribution in [2.45, 2.75) is 32.1 Å². The first-order valence-electron chi connectivity index (χ1n) is 10.8. The number of hydrogen-bond donors (Lipinski definition) is 1. The van der Waals surface area contributed by atoms with Crippen LogP contribution in [0, 0.1) is 0 Å². The van der Waals surface area contributed by atoms with E-state index < -0.39 is 5.97 Å². The van der Waals surface area contributed by atoms with Crippen molar-refractivity contribution in [3.8, 4) is 16.9 Å². The van der Waals surface area contributed by atoms with Crippen LogP contribution in [0.15, 0.2) is 97.1 Å². The van der Waals surface area contributed by atoms with Gasteiger partial charge in [-0.3, -0.25) is 4.79 Å². The number of aliphatic carboxylic acids is 1. The predicted molar refractivity (Wildman–Crippen MR) is 126 cm³/mol. The van der Waals surface area contributed by atoms with Gasteiger partial charge in [-0.25, -0.2) is 0 Å². The fourth-order valence-corrected chi connectivity index (χ4v) is 3.99. The van der Waals surface area contributed by atoms with Crippen molar-refractivity contribution in [1.82, 2.24) is 4.57 Å². The van der Waals surface area contributed by atoms with Crippen molar-refractivity contribution in [2.75, 3.05) is 0 Å². The minimum Gasteiger partial charge on any atom is -0.481 e. The highest BCUT2D eigenvalue weighted by Gasteiger charge is 2.12. The molecule has 156 valence electrons. The molecule has 0 aliphatic rings. The van der Waals surface area contributed by atoms with Gasteiger partial charge in [-0.2, -0.15) is 0 Å². The second-order valence-electron chi connectivity index (χ2n) is 7.81. The number of aryl methyl sites for hydroxylation is 3. The van der Waals surface area contributed by atoms with Crippen molar-refractivity contribution in [3.05, 3.63) is 114 Å². The number of nitrogens with zero attached hydrogens (tertiary/aromatic N) is 1. The van der Waals surface area contributed by atoms with Crippen molar-refractivity contribution in [1.29, 1.82) is 0 Å². The average molecular weight is 410 g/mol. The zero-order chi connectivity index (χ0) is 21.5. The van der Waals surface area contributed by atoms with E-state index in [0.29, 0.717) is 6.42 Å². The van der Waals surface area contributed by atoms with E-state index >= 15 is 0 Å². The number of carbonyl (C=O) groups is 1. The maximum absolute atomic E-state index is 10.8. The highest BCUT2D eigenvalue weighted by molar-refractivity contribution is 5.66. The molecule has 0 spiro atoms. The quantitative estimate of drug-likeness (QED) is 0.351. The molecule has 1 N–H and O–H groups in total. The van der Waals surface area contributed by atoms with Crippen LogP contribution in [-0.4, -0.2) is 15.6 Å². The first-order chi connectivity index (χ1) is 15.2. The third kappa shape index (κ3) is 5.32. The lowest BCUT2D eigenvalue weighted by molar-refractivity contribution is -0.137. The van der Waals surface area contributed by atoms with E-state index in [0.717, 1.165) is 24.9 Å². The van der Waals surface area contributed by atoms with Crippen LogP contribution in [0.25, 0.3) is 16.9 Å². The Labute approximate surface area is 183 Å². The maximum Gasteiger partial charge on any atom is 0.303 e. The third-order valence-corrected chi connectivity index (χ3v) is 5.59. The van der Waals surface area contributed by atoms with Gasteiger partial charge in [0, 0.05) is 17.8 Å². The van der Waals surface area contributed by atoms with Crippen molar-refractivity contribution >= 4 is 5.97 Å². The van der Waals surface area contributed by atoms with Crippen LogP contribution in [-0.2, 0) is 24.1 Å². The number of aromatic nitrogens is 1. The summed E-state index contributed by atoms with van der Waals surface area (Å²) in [4.78, 5) is 10.8. The Morgan fingerprint density at radius 3 is 2.00 bits per heavy atom. The van der Waals surface area contributed by atoms with E-state index in [1.165, 1.54) is 28.1 Å². The van der Waals surface area contributed by atoms with Gasteiger partial charge >= 0.3 is 5.97 Å². The van der Waals surface area contributed by atoms with Gasteiger partial charge in [0.25, 0.3) is 0 Å². The molecule has 0 atom stereocenters. The van der Waals surface area contributed by atoms with Gasteiger partial charge in [0.1, 0.15) is 0 Å². The van der Waals surface area contributed by atoms with E-state index in [9.17, 15) is 4.79 Å². The van der Waals surface area contributed by atoms with Gasteiger partial charge in [-0.1, -0.05) is 72.8 Å². The Hall–Kier alpha value is -3.59. The molecule has 0 saturated heterocycles. The Morgan fingerprint density at radius 1 is 0.677 bits per heavy atom. The molecule has 4 aromatic rings. The second kappa shape index (κ2) is 9.94. The first-order valence-corrected chi connectivity index (χ1v) is 10.8. The highest BCUT2D eigenvalue weighted by atomic mass is 16.4. The molecule has 31 heavy (non-hydrogen) atoms. The fraction of sp³-hybridized carbons (Fsp3) is 0.179. The van der Waals surface area contributed by atoms with Crippen LogP contribution in [0.3, 0.4) is 0 Å². The van der Waals surface area contributed by atoms with Crippen LogP contribution < -0.4 is 0 Å². The predicted octanol–water partition coefficient (Wildman–Crippen LogP) is 6.34. The average Bonchev–Trinajstić information content (AvgIpc) is 3.23. The molecule has 0 aliphatic carbocycles. The van der Waals surface area contributed by atoms with Crippen molar-refractivity contribution in [3.63, 3.8) is 0 Å². The highest BCUT2D eigenvalue weighted by Crippen LogP contribution is 2.28. The summed E-state index contributed by atoms with van der Waals surface area (Å²) in [6, 6.07) is 34.0. The Bertz CT molecular complexity index is 1110. The lowest BCUT2D eigenvalue weighted by atomic mass is 10.1. The molecular formula is C28H27NO2. The summed E-state index contributed by atoms with van der Waals surface area (Å²) in [7, 11) is 0. The largest absolute Gasteiger partial charge is 0.481 e. The topological polar surface area (TPSA) is 42.2 Å². The normalized spacial score (nSPS) is 10.8. The lowest BCUT2D eigenvalue weighted by Gasteiger charge is -2.15.